The highest BCUT2D eigenvalue weighted by Crippen LogP contribution is 2.32. The molecule has 5 rings (SSSR count). The molecular formula is C33H26F3N3O2. The minimum atomic E-state index is -4.45. The van der Waals surface area contributed by atoms with E-state index in [0.717, 1.165) is 23.3 Å². The van der Waals surface area contributed by atoms with Crippen molar-refractivity contribution in [2.24, 2.45) is 7.05 Å². The maximum Gasteiger partial charge on any atom is 0.416 e. The SMILES string of the molecule is Cc1ccc(-c2ccc(NC(=O)c3cc(NC(=O)c4ccccc4-c4ccc(C(F)(F)F)cc4)cn3C)cc2)cc1. The first-order valence-electron chi connectivity index (χ1n) is 12.8. The highest BCUT2D eigenvalue weighted by Gasteiger charge is 2.30. The molecule has 4 aromatic carbocycles. The number of aryl methyl sites for hydroxylation is 2. The third kappa shape index (κ3) is 6.22. The summed E-state index contributed by atoms with van der Waals surface area (Å²) < 4.78 is 40.6. The summed E-state index contributed by atoms with van der Waals surface area (Å²) in [5, 5.41) is 5.67. The van der Waals surface area contributed by atoms with Crippen LogP contribution in [0.25, 0.3) is 22.3 Å². The van der Waals surface area contributed by atoms with Gasteiger partial charge in [0.25, 0.3) is 11.8 Å². The molecule has 5 aromatic rings. The molecule has 5 nitrogen and oxygen atoms in total. The molecule has 0 aliphatic heterocycles. The Balaban J connectivity index is 1.29. The molecule has 0 saturated carbocycles. The molecule has 0 bridgehead atoms. The van der Waals surface area contributed by atoms with E-state index in [4.69, 9.17) is 0 Å². The lowest BCUT2D eigenvalue weighted by Crippen LogP contribution is -2.15. The Morgan fingerprint density at radius 3 is 1.88 bits per heavy atom. The minimum absolute atomic E-state index is 0.288. The van der Waals surface area contributed by atoms with E-state index in [-0.39, 0.29) is 11.5 Å². The second-order valence-corrected chi connectivity index (χ2v) is 9.70. The van der Waals surface area contributed by atoms with E-state index in [9.17, 15) is 22.8 Å². The van der Waals surface area contributed by atoms with Gasteiger partial charge in [-0.15, -0.1) is 0 Å². The van der Waals surface area contributed by atoms with E-state index in [1.807, 2.05) is 55.5 Å². The number of alkyl halides is 3. The Bertz CT molecular complexity index is 1700. The third-order valence-corrected chi connectivity index (χ3v) is 6.72. The van der Waals surface area contributed by atoms with Crippen molar-refractivity contribution in [3.8, 4) is 22.3 Å². The van der Waals surface area contributed by atoms with Gasteiger partial charge in [-0.1, -0.05) is 72.3 Å². The molecular weight excluding hydrogens is 527 g/mol. The van der Waals surface area contributed by atoms with E-state index >= 15 is 0 Å². The maximum atomic E-state index is 13.2. The van der Waals surface area contributed by atoms with Crippen molar-refractivity contribution in [3.63, 3.8) is 0 Å². The standard InChI is InChI=1S/C33H26F3N3O2/c1-21-7-9-22(10-8-21)23-13-17-26(18-14-23)37-32(41)30-19-27(20-39(30)2)38-31(40)29-6-4-3-5-28(29)24-11-15-25(16-12-24)33(34,35)36/h3-20H,1-2H3,(H,37,41)(H,38,40). The predicted octanol–water partition coefficient (Wildman–Crippen LogP) is 8.19. The first-order chi connectivity index (χ1) is 19.6. The Kier molecular flexibility index (Phi) is 7.48. The van der Waals surface area contributed by atoms with Crippen molar-refractivity contribution in [2.75, 3.05) is 10.6 Å². The van der Waals surface area contributed by atoms with Gasteiger partial charge < -0.3 is 15.2 Å². The number of nitrogens with one attached hydrogen (secondary N) is 2. The van der Waals surface area contributed by atoms with Gasteiger partial charge in [0.05, 0.1) is 11.3 Å². The van der Waals surface area contributed by atoms with E-state index in [0.29, 0.717) is 28.2 Å². The summed E-state index contributed by atoms with van der Waals surface area (Å²) in [4.78, 5) is 26.2. The van der Waals surface area contributed by atoms with Crippen LogP contribution < -0.4 is 10.6 Å². The molecule has 0 aliphatic rings. The second kappa shape index (κ2) is 11.2. The maximum absolute atomic E-state index is 13.2. The Hall–Kier alpha value is -5.11. The van der Waals surface area contributed by atoms with Gasteiger partial charge in [-0.3, -0.25) is 9.59 Å². The molecule has 206 valence electrons. The molecule has 0 atom stereocenters. The average Bonchev–Trinajstić information content (AvgIpc) is 3.33. The molecule has 41 heavy (non-hydrogen) atoms. The van der Waals surface area contributed by atoms with E-state index in [2.05, 4.69) is 10.6 Å². The number of hydrogen-bond acceptors (Lipinski definition) is 2. The highest BCUT2D eigenvalue weighted by molar-refractivity contribution is 6.10. The summed E-state index contributed by atoms with van der Waals surface area (Å²) in [6.45, 7) is 2.03. The van der Waals surface area contributed by atoms with Crippen molar-refractivity contribution in [2.45, 2.75) is 13.1 Å². The zero-order valence-electron chi connectivity index (χ0n) is 22.3. The number of carbonyl (C=O) groups excluding carboxylic acids is 2. The van der Waals surface area contributed by atoms with Crippen molar-refractivity contribution in [1.29, 1.82) is 0 Å². The Morgan fingerprint density at radius 2 is 1.24 bits per heavy atom. The number of nitrogens with zero attached hydrogens (tertiary/aromatic N) is 1. The smallest absolute Gasteiger partial charge is 0.344 e. The summed E-state index contributed by atoms with van der Waals surface area (Å²) >= 11 is 0. The monoisotopic (exact) mass is 553 g/mol. The summed E-state index contributed by atoms with van der Waals surface area (Å²) in [6, 6.07) is 28.6. The Morgan fingerprint density at radius 1 is 0.683 bits per heavy atom. The van der Waals surface area contributed by atoms with Crippen LogP contribution in [0.5, 0.6) is 0 Å². The number of aromatic nitrogens is 1. The topological polar surface area (TPSA) is 63.1 Å². The van der Waals surface area contributed by atoms with Gasteiger partial charge in [-0.25, -0.2) is 0 Å². The van der Waals surface area contributed by atoms with Crippen LogP contribution in [0.1, 0.15) is 32.0 Å². The third-order valence-electron chi connectivity index (χ3n) is 6.72. The fourth-order valence-electron chi connectivity index (χ4n) is 4.52. The van der Waals surface area contributed by atoms with Crippen LogP contribution in [-0.4, -0.2) is 16.4 Å². The lowest BCUT2D eigenvalue weighted by atomic mass is 9.98. The fraction of sp³-hybridized carbons (Fsp3) is 0.0909. The number of hydrogen-bond donors (Lipinski definition) is 2. The van der Waals surface area contributed by atoms with Crippen LogP contribution in [0.4, 0.5) is 24.5 Å². The lowest BCUT2D eigenvalue weighted by Gasteiger charge is -2.11. The van der Waals surface area contributed by atoms with Crippen LogP contribution in [0, 0.1) is 6.92 Å². The van der Waals surface area contributed by atoms with Crippen LogP contribution in [-0.2, 0) is 13.2 Å². The van der Waals surface area contributed by atoms with Crippen LogP contribution in [0.2, 0.25) is 0 Å². The predicted molar refractivity (Wildman–Crippen MR) is 155 cm³/mol. The number of rotatable bonds is 6. The summed E-state index contributed by atoms with van der Waals surface area (Å²) in [6.07, 6.45) is -2.83. The second-order valence-electron chi connectivity index (χ2n) is 9.70. The number of carbonyl (C=O) groups is 2. The molecule has 1 aromatic heterocycles. The van der Waals surface area contributed by atoms with Crippen molar-refractivity contribution in [3.05, 3.63) is 132 Å². The summed E-state index contributed by atoms with van der Waals surface area (Å²) in [5.74, 6) is -0.800. The normalized spacial score (nSPS) is 11.2. The average molecular weight is 554 g/mol. The van der Waals surface area contributed by atoms with Crippen molar-refractivity contribution in [1.82, 2.24) is 4.57 Å². The lowest BCUT2D eigenvalue weighted by molar-refractivity contribution is -0.137. The fourth-order valence-corrected chi connectivity index (χ4v) is 4.52. The first-order valence-corrected chi connectivity index (χ1v) is 12.8. The quantitative estimate of drug-likeness (QED) is 0.223. The van der Waals surface area contributed by atoms with Crippen LogP contribution in [0.15, 0.2) is 109 Å². The molecule has 0 saturated heterocycles. The van der Waals surface area contributed by atoms with E-state index in [1.54, 1.807) is 48.1 Å². The van der Waals surface area contributed by atoms with Gasteiger partial charge in [0.15, 0.2) is 0 Å². The molecule has 1 heterocycles. The van der Waals surface area contributed by atoms with E-state index < -0.39 is 17.6 Å². The van der Waals surface area contributed by atoms with Crippen molar-refractivity contribution < 1.29 is 22.8 Å². The molecule has 2 N–H and O–H groups in total. The van der Waals surface area contributed by atoms with Crippen molar-refractivity contribution >= 4 is 23.2 Å². The molecule has 0 radical (unpaired) electrons. The Labute approximate surface area is 235 Å². The molecule has 0 spiro atoms. The summed E-state index contributed by atoms with van der Waals surface area (Å²) in [7, 11) is 1.70. The van der Waals surface area contributed by atoms with E-state index in [1.165, 1.54) is 17.7 Å². The van der Waals surface area contributed by atoms with Gasteiger partial charge in [-0.2, -0.15) is 13.2 Å². The first kappa shape index (κ1) is 27.5. The molecule has 0 aliphatic carbocycles. The molecule has 2 amide bonds. The van der Waals surface area contributed by atoms with Gasteiger partial charge >= 0.3 is 6.18 Å². The van der Waals surface area contributed by atoms with Gasteiger partial charge in [0.2, 0.25) is 0 Å². The van der Waals surface area contributed by atoms with Gasteiger partial charge in [0, 0.05) is 24.5 Å². The zero-order valence-corrected chi connectivity index (χ0v) is 22.3. The van der Waals surface area contributed by atoms with Crippen LogP contribution >= 0.6 is 0 Å². The zero-order chi connectivity index (χ0) is 29.1. The van der Waals surface area contributed by atoms with Gasteiger partial charge in [-0.05, 0) is 65.6 Å². The number of benzene rings is 4. The van der Waals surface area contributed by atoms with Gasteiger partial charge in [0.1, 0.15) is 5.69 Å². The largest absolute Gasteiger partial charge is 0.416 e. The number of anilines is 2. The molecule has 0 fully saturated rings. The molecule has 0 unspecified atom stereocenters. The molecule has 8 heteroatoms. The summed E-state index contributed by atoms with van der Waals surface area (Å²) in [5.41, 5.74) is 5.14. The number of halogens is 3. The number of amides is 2. The van der Waals surface area contributed by atoms with Crippen LogP contribution in [0.3, 0.4) is 0 Å². The minimum Gasteiger partial charge on any atom is -0.344 e. The highest BCUT2D eigenvalue weighted by atomic mass is 19.4.